The molecule has 4 nitrogen and oxygen atoms in total. The monoisotopic (exact) mass is 370 g/mol. The van der Waals surface area contributed by atoms with Crippen molar-refractivity contribution in [2.45, 2.75) is 44.4 Å². The van der Waals surface area contributed by atoms with E-state index < -0.39 is 5.41 Å². The molecule has 0 saturated heterocycles. The topological polar surface area (TPSA) is 58.2 Å². The molecule has 5 heteroatoms. The van der Waals surface area contributed by atoms with Crippen molar-refractivity contribution in [2.75, 3.05) is 10.6 Å². The average molecular weight is 371 g/mol. The standard InChI is InChI=1S/C21H23ClN2O2/c1-2-19(25)23-16-10-11-17(22)18(14-16)24-20(26)21(12-6-7-13-21)15-8-4-3-5-9-15/h3-5,8-11,14H,2,6-7,12-13H2,1H3,(H,23,25)(H,24,26). The van der Waals surface area contributed by atoms with E-state index >= 15 is 0 Å². The lowest BCUT2D eigenvalue weighted by Crippen LogP contribution is -2.38. The van der Waals surface area contributed by atoms with Crippen LogP contribution >= 0.6 is 11.6 Å². The summed E-state index contributed by atoms with van der Waals surface area (Å²) in [7, 11) is 0. The van der Waals surface area contributed by atoms with Crippen LogP contribution in [-0.2, 0) is 15.0 Å². The molecule has 2 aromatic rings. The van der Waals surface area contributed by atoms with Crippen LogP contribution in [0, 0.1) is 0 Å². The molecule has 2 aromatic carbocycles. The predicted octanol–water partition coefficient (Wildman–Crippen LogP) is 5.14. The fraction of sp³-hybridized carbons (Fsp3) is 0.333. The minimum atomic E-state index is -0.521. The van der Waals surface area contributed by atoms with E-state index in [4.69, 9.17) is 11.6 Å². The predicted molar refractivity (Wildman–Crippen MR) is 106 cm³/mol. The van der Waals surface area contributed by atoms with Crippen LogP contribution in [0.15, 0.2) is 48.5 Å². The smallest absolute Gasteiger partial charge is 0.235 e. The Kier molecular flexibility index (Phi) is 5.62. The molecule has 0 spiro atoms. The highest BCUT2D eigenvalue weighted by Crippen LogP contribution is 2.42. The molecule has 0 aliphatic heterocycles. The van der Waals surface area contributed by atoms with E-state index in [-0.39, 0.29) is 11.8 Å². The van der Waals surface area contributed by atoms with Gasteiger partial charge in [-0.05, 0) is 36.6 Å². The first kappa shape index (κ1) is 18.5. The highest BCUT2D eigenvalue weighted by atomic mass is 35.5. The van der Waals surface area contributed by atoms with E-state index in [1.165, 1.54) is 0 Å². The molecule has 136 valence electrons. The first-order valence-electron chi connectivity index (χ1n) is 9.01. The van der Waals surface area contributed by atoms with Gasteiger partial charge in [0.25, 0.3) is 0 Å². The molecule has 1 aliphatic carbocycles. The van der Waals surface area contributed by atoms with Crippen molar-refractivity contribution in [1.29, 1.82) is 0 Å². The molecule has 1 fully saturated rings. The summed E-state index contributed by atoms with van der Waals surface area (Å²) in [6, 6.07) is 15.1. The molecule has 1 saturated carbocycles. The second-order valence-corrected chi connectivity index (χ2v) is 7.11. The first-order valence-corrected chi connectivity index (χ1v) is 9.39. The number of anilines is 2. The van der Waals surface area contributed by atoms with Gasteiger partial charge in [0.15, 0.2) is 0 Å². The summed E-state index contributed by atoms with van der Waals surface area (Å²) < 4.78 is 0. The van der Waals surface area contributed by atoms with Gasteiger partial charge >= 0.3 is 0 Å². The van der Waals surface area contributed by atoms with Crippen LogP contribution in [0.4, 0.5) is 11.4 Å². The normalized spacial score (nSPS) is 15.5. The van der Waals surface area contributed by atoms with Crippen LogP contribution in [0.1, 0.15) is 44.6 Å². The number of amides is 2. The molecule has 1 aliphatic rings. The third-order valence-corrected chi connectivity index (χ3v) is 5.37. The van der Waals surface area contributed by atoms with Crippen molar-refractivity contribution >= 4 is 34.8 Å². The van der Waals surface area contributed by atoms with Gasteiger partial charge in [-0.25, -0.2) is 0 Å². The number of carbonyl (C=O) groups is 2. The number of hydrogen-bond donors (Lipinski definition) is 2. The van der Waals surface area contributed by atoms with Crippen LogP contribution in [0.2, 0.25) is 5.02 Å². The maximum absolute atomic E-state index is 13.2. The SMILES string of the molecule is CCC(=O)Nc1ccc(Cl)c(NC(=O)C2(c3ccccc3)CCCC2)c1. The molecule has 0 heterocycles. The van der Waals surface area contributed by atoms with E-state index in [2.05, 4.69) is 10.6 Å². The van der Waals surface area contributed by atoms with Gasteiger partial charge in [-0.2, -0.15) is 0 Å². The quantitative estimate of drug-likeness (QED) is 0.765. The third-order valence-electron chi connectivity index (χ3n) is 5.04. The zero-order valence-corrected chi connectivity index (χ0v) is 15.6. The van der Waals surface area contributed by atoms with Gasteiger partial charge in [-0.15, -0.1) is 0 Å². The Morgan fingerprint density at radius 3 is 2.38 bits per heavy atom. The Labute approximate surface area is 158 Å². The summed E-state index contributed by atoms with van der Waals surface area (Å²) in [4.78, 5) is 24.8. The fourth-order valence-electron chi connectivity index (χ4n) is 3.57. The number of rotatable bonds is 5. The van der Waals surface area contributed by atoms with Crippen molar-refractivity contribution in [1.82, 2.24) is 0 Å². The lowest BCUT2D eigenvalue weighted by Gasteiger charge is -2.28. The van der Waals surface area contributed by atoms with Gasteiger partial charge in [0.1, 0.15) is 0 Å². The van der Waals surface area contributed by atoms with E-state index in [9.17, 15) is 9.59 Å². The van der Waals surface area contributed by atoms with Gasteiger partial charge in [0.2, 0.25) is 11.8 Å². The molecule has 0 aromatic heterocycles. The molecule has 0 unspecified atom stereocenters. The van der Waals surface area contributed by atoms with Crippen LogP contribution in [0.5, 0.6) is 0 Å². The van der Waals surface area contributed by atoms with Crippen molar-refractivity contribution < 1.29 is 9.59 Å². The maximum atomic E-state index is 13.2. The number of hydrogen-bond acceptors (Lipinski definition) is 2. The van der Waals surface area contributed by atoms with Crippen LogP contribution in [0.3, 0.4) is 0 Å². The largest absolute Gasteiger partial charge is 0.326 e. The van der Waals surface area contributed by atoms with Crippen LogP contribution in [-0.4, -0.2) is 11.8 Å². The summed E-state index contributed by atoms with van der Waals surface area (Å²) in [6.45, 7) is 1.79. The second kappa shape index (κ2) is 7.92. The van der Waals surface area contributed by atoms with Crippen molar-refractivity contribution in [2.24, 2.45) is 0 Å². The lowest BCUT2D eigenvalue weighted by atomic mass is 9.78. The van der Waals surface area contributed by atoms with Gasteiger partial charge in [0, 0.05) is 12.1 Å². The minimum absolute atomic E-state index is 0.0398. The Balaban J connectivity index is 1.86. The zero-order chi connectivity index (χ0) is 18.6. The molecule has 0 radical (unpaired) electrons. The molecule has 2 N–H and O–H groups in total. The number of halogens is 1. The van der Waals surface area contributed by atoms with Crippen molar-refractivity contribution in [3.63, 3.8) is 0 Å². The maximum Gasteiger partial charge on any atom is 0.235 e. The molecule has 26 heavy (non-hydrogen) atoms. The van der Waals surface area contributed by atoms with Crippen LogP contribution < -0.4 is 10.6 Å². The Morgan fingerprint density at radius 2 is 1.73 bits per heavy atom. The van der Waals surface area contributed by atoms with Gasteiger partial charge in [-0.1, -0.05) is 61.7 Å². The van der Waals surface area contributed by atoms with Gasteiger partial charge in [-0.3, -0.25) is 9.59 Å². The highest BCUT2D eigenvalue weighted by Gasteiger charge is 2.42. The molecular weight excluding hydrogens is 348 g/mol. The molecular formula is C21H23ClN2O2. The molecule has 0 atom stereocenters. The summed E-state index contributed by atoms with van der Waals surface area (Å²) in [5.74, 6) is -0.122. The van der Waals surface area contributed by atoms with E-state index in [0.717, 1.165) is 31.2 Å². The molecule has 3 rings (SSSR count). The molecule has 2 amide bonds. The fourth-order valence-corrected chi connectivity index (χ4v) is 3.74. The second-order valence-electron chi connectivity index (χ2n) is 6.71. The third kappa shape index (κ3) is 3.75. The Hall–Kier alpha value is -2.33. The summed E-state index contributed by atoms with van der Waals surface area (Å²) in [6.07, 6.45) is 4.10. The zero-order valence-electron chi connectivity index (χ0n) is 14.8. The first-order chi connectivity index (χ1) is 12.5. The van der Waals surface area contributed by atoms with Gasteiger partial charge < -0.3 is 10.6 Å². The number of nitrogens with one attached hydrogen (secondary N) is 2. The summed E-state index contributed by atoms with van der Waals surface area (Å²) >= 11 is 6.28. The number of carbonyl (C=O) groups excluding carboxylic acids is 2. The van der Waals surface area contributed by atoms with Crippen molar-refractivity contribution in [3.8, 4) is 0 Å². The minimum Gasteiger partial charge on any atom is -0.326 e. The highest BCUT2D eigenvalue weighted by molar-refractivity contribution is 6.34. The van der Waals surface area contributed by atoms with Crippen molar-refractivity contribution in [3.05, 3.63) is 59.1 Å². The number of benzene rings is 2. The Bertz CT molecular complexity index is 799. The van der Waals surface area contributed by atoms with Gasteiger partial charge in [0.05, 0.1) is 16.1 Å². The van der Waals surface area contributed by atoms with E-state index in [0.29, 0.717) is 22.8 Å². The Morgan fingerprint density at radius 1 is 1.04 bits per heavy atom. The lowest BCUT2D eigenvalue weighted by molar-refractivity contribution is -0.121. The molecule has 0 bridgehead atoms. The summed E-state index contributed by atoms with van der Waals surface area (Å²) in [5.41, 5.74) is 1.67. The van der Waals surface area contributed by atoms with Crippen LogP contribution in [0.25, 0.3) is 0 Å². The summed E-state index contributed by atoms with van der Waals surface area (Å²) in [5, 5.41) is 6.25. The average Bonchev–Trinajstić information content (AvgIpc) is 3.16. The van der Waals surface area contributed by atoms with E-state index in [1.54, 1.807) is 25.1 Å². The van der Waals surface area contributed by atoms with E-state index in [1.807, 2.05) is 30.3 Å².